The summed E-state index contributed by atoms with van der Waals surface area (Å²) in [6.45, 7) is 3.18. The van der Waals surface area contributed by atoms with Crippen molar-refractivity contribution in [2.24, 2.45) is 0 Å². The second-order valence-corrected chi connectivity index (χ2v) is 8.86. The lowest BCUT2D eigenvalue weighted by atomic mass is 10.0. The van der Waals surface area contributed by atoms with Crippen LogP contribution in [0.1, 0.15) is 56.5 Å². The average Bonchev–Trinajstić information content (AvgIpc) is 3.40. The molecule has 6 nitrogen and oxygen atoms in total. The van der Waals surface area contributed by atoms with Crippen LogP contribution >= 0.6 is 0 Å². The summed E-state index contributed by atoms with van der Waals surface area (Å²) in [4.78, 5) is 9.90. The average molecular weight is 434 g/mol. The molecule has 2 aliphatic heterocycles. The smallest absolute Gasteiger partial charge is 0.231 e. The Labute approximate surface area is 189 Å². The third-order valence-corrected chi connectivity index (χ3v) is 6.44. The molecule has 0 bridgehead atoms. The molecule has 0 radical (unpaired) electrons. The van der Waals surface area contributed by atoms with E-state index in [1.807, 2.05) is 31.2 Å². The molecule has 1 N–H and O–H groups in total. The van der Waals surface area contributed by atoms with Crippen LogP contribution in [0.5, 0.6) is 11.5 Å². The van der Waals surface area contributed by atoms with Crippen molar-refractivity contribution in [3.8, 4) is 34.1 Å². The highest BCUT2D eigenvalue weighted by molar-refractivity contribution is 5.79. The minimum atomic E-state index is -0.269. The lowest BCUT2D eigenvalue weighted by Gasteiger charge is -2.16. The molecule has 6 heteroatoms. The zero-order chi connectivity index (χ0) is 21.9. The van der Waals surface area contributed by atoms with Crippen molar-refractivity contribution in [1.82, 2.24) is 14.5 Å². The number of aliphatic hydroxyl groups is 1. The molecule has 168 valence electrons. The quantitative estimate of drug-likeness (QED) is 0.594. The highest BCUT2D eigenvalue weighted by Gasteiger charge is 2.24. The number of hydrogen-bond acceptors (Lipinski definition) is 5. The van der Waals surface area contributed by atoms with Crippen LogP contribution in [0.3, 0.4) is 0 Å². The number of hydrogen-bond donors (Lipinski definition) is 1. The fourth-order valence-corrected chi connectivity index (χ4v) is 4.74. The van der Waals surface area contributed by atoms with E-state index in [1.165, 1.54) is 19.3 Å². The molecule has 0 unspecified atom stereocenters. The maximum Gasteiger partial charge on any atom is 0.231 e. The number of nitrogens with zero attached hydrogens (tertiary/aromatic N) is 3. The monoisotopic (exact) mass is 433 g/mol. The van der Waals surface area contributed by atoms with E-state index < -0.39 is 0 Å². The largest absolute Gasteiger partial charge is 0.454 e. The van der Waals surface area contributed by atoms with Crippen LogP contribution in [-0.4, -0.2) is 32.5 Å². The Kier molecular flexibility index (Phi) is 6.12. The Morgan fingerprint density at radius 3 is 2.69 bits per heavy atom. The predicted molar refractivity (Wildman–Crippen MR) is 124 cm³/mol. The van der Waals surface area contributed by atoms with Crippen LogP contribution in [-0.2, 0) is 13.0 Å². The normalized spacial score (nSPS) is 19.1. The van der Waals surface area contributed by atoms with Crippen molar-refractivity contribution in [3.63, 3.8) is 0 Å². The molecule has 0 aliphatic carbocycles. The first kappa shape index (κ1) is 21.0. The summed E-state index contributed by atoms with van der Waals surface area (Å²) < 4.78 is 13.6. The Bertz CT molecular complexity index is 1090. The molecule has 5 rings (SSSR count). The lowest BCUT2D eigenvalue weighted by Crippen LogP contribution is -2.12. The van der Waals surface area contributed by atoms with Crippen molar-refractivity contribution >= 4 is 0 Å². The minimum Gasteiger partial charge on any atom is -0.454 e. The molecule has 0 amide bonds. The Hall–Kier alpha value is -2.86. The van der Waals surface area contributed by atoms with Gasteiger partial charge in [0.2, 0.25) is 6.79 Å². The van der Waals surface area contributed by atoms with Crippen LogP contribution in [0.2, 0.25) is 0 Å². The van der Waals surface area contributed by atoms with Gasteiger partial charge in [0.25, 0.3) is 0 Å². The van der Waals surface area contributed by atoms with Gasteiger partial charge in [0.05, 0.1) is 17.5 Å². The van der Waals surface area contributed by atoms with E-state index in [9.17, 15) is 5.11 Å². The summed E-state index contributed by atoms with van der Waals surface area (Å²) in [6, 6.07) is 12.2. The van der Waals surface area contributed by atoms with Gasteiger partial charge in [-0.3, -0.25) is 4.98 Å². The molecule has 1 aromatic carbocycles. The SMILES string of the molecule is Cc1cccc(-c2nc3n(c2-c2ccc4c(c2)OCO4)CCCCCCC[C@@H](O)CC3)n1. The highest BCUT2D eigenvalue weighted by atomic mass is 16.7. The number of benzene rings is 1. The van der Waals surface area contributed by atoms with Gasteiger partial charge in [-0.15, -0.1) is 0 Å². The number of fused-ring (bicyclic) bond motifs is 2. The Morgan fingerprint density at radius 2 is 1.78 bits per heavy atom. The topological polar surface area (TPSA) is 69.4 Å². The summed E-state index contributed by atoms with van der Waals surface area (Å²) in [5, 5.41) is 10.5. The number of pyridine rings is 1. The zero-order valence-corrected chi connectivity index (χ0v) is 18.7. The van der Waals surface area contributed by atoms with Gasteiger partial charge in [-0.05, 0) is 56.5 Å². The molecule has 0 saturated carbocycles. The number of aryl methyl sites for hydroxylation is 2. The molecule has 1 atom stereocenters. The Balaban J connectivity index is 1.64. The lowest BCUT2D eigenvalue weighted by molar-refractivity contribution is 0.149. The van der Waals surface area contributed by atoms with E-state index in [0.717, 1.165) is 84.3 Å². The van der Waals surface area contributed by atoms with Crippen LogP contribution in [0.15, 0.2) is 36.4 Å². The van der Waals surface area contributed by atoms with Gasteiger partial charge in [0.1, 0.15) is 11.5 Å². The van der Waals surface area contributed by atoms with E-state index in [-0.39, 0.29) is 12.9 Å². The second kappa shape index (κ2) is 9.33. The third kappa shape index (κ3) is 4.37. The number of rotatable bonds is 2. The molecule has 0 spiro atoms. The summed E-state index contributed by atoms with van der Waals surface area (Å²) in [6.07, 6.45) is 7.91. The molecule has 3 aromatic rings. The van der Waals surface area contributed by atoms with Crippen LogP contribution in [0, 0.1) is 6.92 Å². The van der Waals surface area contributed by atoms with Crippen molar-refractivity contribution in [3.05, 3.63) is 47.9 Å². The number of imidazole rings is 1. The highest BCUT2D eigenvalue weighted by Crippen LogP contribution is 2.39. The molecule has 2 aliphatic rings. The van der Waals surface area contributed by atoms with E-state index in [2.05, 4.69) is 16.7 Å². The summed E-state index contributed by atoms with van der Waals surface area (Å²) in [7, 11) is 0. The van der Waals surface area contributed by atoms with E-state index >= 15 is 0 Å². The third-order valence-electron chi connectivity index (χ3n) is 6.44. The minimum absolute atomic E-state index is 0.257. The maximum atomic E-state index is 10.5. The number of aromatic nitrogens is 3. The standard InChI is InChI=1S/C26H31N3O3/c1-18-8-7-10-21(27-18)25-26(19-11-13-22-23(16-19)32-17-31-22)29-15-6-4-2-3-5-9-20(30)12-14-24(29)28-25/h7-8,10-11,13,16,20,30H,2-6,9,12,14-15,17H2,1H3/t20-/m1/s1. The summed E-state index contributed by atoms with van der Waals surface area (Å²) >= 11 is 0. The van der Waals surface area contributed by atoms with Crippen LogP contribution in [0.4, 0.5) is 0 Å². The van der Waals surface area contributed by atoms with Gasteiger partial charge in [-0.25, -0.2) is 4.98 Å². The van der Waals surface area contributed by atoms with Crippen molar-refractivity contribution in [1.29, 1.82) is 0 Å². The predicted octanol–water partition coefficient (Wildman–Crippen LogP) is 5.30. The first-order chi connectivity index (χ1) is 15.7. The molecule has 0 fully saturated rings. The van der Waals surface area contributed by atoms with Gasteiger partial charge in [-0.1, -0.05) is 31.7 Å². The van der Waals surface area contributed by atoms with Crippen LogP contribution in [0.25, 0.3) is 22.6 Å². The molecule has 32 heavy (non-hydrogen) atoms. The van der Waals surface area contributed by atoms with Gasteiger partial charge in [0, 0.05) is 24.2 Å². The molecular formula is C26H31N3O3. The molecule has 4 heterocycles. The molecular weight excluding hydrogens is 402 g/mol. The van der Waals surface area contributed by atoms with Crippen molar-refractivity contribution in [2.75, 3.05) is 6.79 Å². The van der Waals surface area contributed by atoms with E-state index in [0.29, 0.717) is 0 Å². The van der Waals surface area contributed by atoms with Crippen molar-refractivity contribution < 1.29 is 14.6 Å². The zero-order valence-electron chi connectivity index (χ0n) is 18.7. The number of ether oxygens (including phenoxy) is 2. The number of aliphatic hydroxyl groups excluding tert-OH is 1. The Morgan fingerprint density at radius 1 is 0.938 bits per heavy atom. The van der Waals surface area contributed by atoms with Crippen molar-refractivity contribution in [2.45, 2.75) is 70.9 Å². The summed E-state index contributed by atoms with van der Waals surface area (Å²) in [5.74, 6) is 2.57. The van der Waals surface area contributed by atoms with Gasteiger partial charge in [-0.2, -0.15) is 0 Å². The first-order valence-corrected chi connectivity index (χ1v) is 11.8. The van der Waals surface area contributed by atoms with E-state index in [4.69, 9.17) is 19.4 Å². The van der Waals surface area contributed by atoms with E-state index in [1.54, 1.807) is 0 Å². The second-order valence-electron chi connectivity index (χ2n) is 8.86. The summed E-state index contributed by atoms with van der Waals surface area (Å²) in [5.41, 5.74) is 4.87. The maximum absolute atomic E-state index is 10.5. The first-order valence-electron chi connectivity index (χ1n) is 11.8. The fraction of sp³-hybridized carbons (Fsp3) is 0.462. The van der Waals surface area contributed by atoms with Gasteiger partial charge in [0.15, 0.2) is 11.5 Å². The van der Waals surface area contributed by atoms with Crippen LogP contribution < -0.4 is 9.47 Å². The molecule has 2 aromatic heterocycles. The van der Waals surface area contributed by atoms with Gasteiger partial charge >= 0.3 is 0 Å². The fourth-order valence-electron chi connectivity index (χ4n) is 4.74. The van der Waals surface area contributed by atoms with Gasteiger partial charge < -0.3 is 19.1 Å². The molecule has 0 saturated heterocycles.